The van der Waals surface area contributed by atoms with Gasteiger partial charge in [-0.05, 0) is 42.8 Å². The fourth-order valence-electron chi connectivity index (χ4n) is 2.57. The fourth-order valence-corrected chi connectivity index (χ4v) is 2.98. The molecule has 1 aromatic heterocycles. The Morgan fingerprint density at radius 3 is 2.60 bits per heavy atom. The van der Waals surface area contributed by atoms with E-state index in [-0.39, 0.29) is 0 Å². The van der Waals surface area contributed by atoms with Crippen LogP contribution in [0.1, 0.15) is 18.1 Å². The lowest BCUT2D eigenvalue weighted by Crippen LogP contribution is -2.23. The minimum absolute atomic E-state index is 0.548. The quantitative estimate of drug-likeness (QED) is 0.571. The average molecular weight is 398 g/mol. The molecule has 0 unspecified atom stereocenters. The van der Waals surface area contributed by atoms with Gasteiger partial charge in [0.05, 0.1) is 0 Å². The first-order valence-corrected chi connectivity index (χ1v) is 9.03. The van der Waals surface area contributed by atoms with E-state index in [1.807, 2.05) is 42.5 Å². The summed E-state index contributed by atoms with van der Waals surface area (Å²) in [6.07, 6.45) is 1.69. The number of nitrogens with zero attached hydrogens (tertiary/aromatic N) is 3. The Morgan fingerprint density at radius 2 is 1.88 bits per heavy atom. The van der Waals surface area contributed by atoms with Gasteiger partial charge < -0.3 is 9.64 Å². The molecule has 0 aliphatic carbocycles. The normalized spacial score (nSPS) is 10.5. The van der Waals surface area contributed by atoms with Crippen molar-refractivity contribution in [1.29, 1.82) is 0 Å². The monoisotopic (exact) mass is 397 g/mol. The molecule has 3 rings (SSSR count). The molecular weight excluding hydrogens is 378 g/mol. The molecule has 0 bridgehead atoms. The summed E-state index contributed by atoms with van der Waals surface area (Å²) in [4.78, 5) is 2.17. The predicted octanol–water partition coefficient (Wildman–Crippen LogP) is 4.84. The van der Waals surface area contributed by atoms with Gasteiger partial charge in [0.1, 0.15) is 12.4 Å². The van der Waals surface area contributed by atoms with Crippen LogP contribution < -0.4 is 9.64 Å². The van der Waals surface area contributed by atoms with E-state index in [0.29, 0.717) is 13.2 Å². The Morgan fingerprint density at radius 1 is 1.04 bits per heavy atom. The number of aromatic nitrogens is 2. The summed E-state index contributed by atoms with van der Waals surface area (Å²) in [6.45, 7) is 4.20. The van der Waals surface area contributed by atoms with Gasteiger partial charge in [0.15, 0.2) is 5.82 Å². The van der Waals surface area contributed by atoms with E-state index < -0.39 is 0 Å². The molecule has 0 atom stereocenters. The van der Waals surface area contributed by atoms with Crippen LogP contribution in [0.25, 0.3) is 0 Å². The zero-order chi connectivity index (χ0) is 17.5. The van der Waals surface area contributed by atoms with E-state index in [0.717, 1.165) is 33.7 Å². The van der Waals surface area contributed by atoms with Gasteiger partial charge in [-0.25, -0.2) is 0 Å². The fraction of sp³-hybridized carbons (Fsp3) is 0.200. The largest absolute Gasteiger partial charge is 0.489 e. The molecule has 25 heavy (non-hydrogen) atoms. The summed E-state index contributed by atoms with van der Waals surface area (Å²) < 4.78 is 7.11. The number of rotatable bonds is 7. The first kappa shape index (κ1) is 17.4. The van der Waals surface area contributed by atoms with E-state index >= 15 is 0 Å². The van der Waals surface area contributed by atoms with Gasteiger partial charge in [-0.3, -0.25) is 0 Å². The number of benzene rings is 2. The highest BCUT2D eigenvalue weighted by Crippen LogP contribution is 2.26. The van der Waals surface area contributed by atoms with Crippen LogP contribution in [0.3, 0.4) is 0 Å². The van der Waals surface area contributed by atoms with E-state index in [9.17, 15) is 0 Å². The SMILES string of the molecule is CCN(Cc1cc(Br)ccc1OCc1ccccc1)c1cccnn1. The minimum atomic E-state index is 0.548. The maximum atomic E-state index is 6.08. The van der Waals surface area contributed by atoms with Gasteiger partial charge in [-0.2, -0.15) is 5.10 Å². The minimum Gasteiger partial charge on any atom is -0.489 e. The summed E-state index contributed by atoms with van der Waals surface area (Å²) in [7, 11) is 0. The lowest BCUT2D eigenvalue weighted by molar-refractivity contribution is 0.302. The van der Waals surface area contributed by atoms with E-state index in [1.54, 1.807) is 6.20 Å². The molecule has 0 aliphatic rings. The van der Waals surface area contributed by atoms with Gasteiger partial charge in [0, 0.05) is 29.3 Å². The molecule has 0 saturated carbocycles. The third-order valence-corrected chi connectivity index (χ3v) is 4.38. The highest BCUT2D eigenvalue weighted by molar-refractivity contribution is 9.10. The second-order valence-electron chi connectivity index (χ2n) is 5.62. The molecule has 0 fully saturated rings. The Labute approximate surface area is 156 Å². The van der Waals surface area contributed by atoms with Crippen LogP contribution in [0.2, 0.25) is 0 Å². The van der Waals surface area contributed by atoms with Crippen molar-refractivity contribution in [2.75, 3.05) is 11.4 Å². The first-order chi connectivity index (χ1) is 12.3. The lowest BCUT2D eigenvalue weighted by Gasteiger charge is -2.23. The number of hydrogen-bond acceptors (Lipinski definition) is 4. The van der Waals surface area contributed by atoms with E-state index in [4.69, 9.17) is 4.74 Å². The summed E-state index contributed by atoms with van der Waals surface area (Å²) in [5.74, 6) is 1.74. The molecule has 4 nitrogen and oxygen atoms in total. The Balaban J connectivity index is 1.79. The highest BCUT2D eigenvalue weighted by Gasteiger charge is 2.12. The van der Waals surface area contributed by atoms with Gasteiger partial charge in [-0.1, -0.05) is 46.3 Å². The smallest absolute Gasteiger partial charge is 0.151 e. The molecule has 0 saturated heterocycles. The van der Waals surface area contributed by atoms with Crippen LogP contribution in [0, 0.1) is 0 Å². The molecule has 5 heteroatoms. The van der Waals surface area contributed by atoms with Crippen molar-refractivity contribution in [1.82, 2.24) is 10.2 Å². The van der Waals surface area contributed by atoms with Gasteiger partial charge in [0.25, 0.3) is 0 Å². The standard InChI is InChI=1S/C20H20BrN3O/c1-2-24(20-9-6-12-22-23-20)14-17-13-18(21)10-11-19(17)25-15-16-7-4-3-5-8-16/h3-13H,2,14-15H2,1H3. The third kappa shape index (κ3) is 4.79. The molecular formula is C20H20BrN3O. The van der Waals surface area contributed by atoms with Crippen LogP contribution >= 0.6 is 15.9 Å². The zero-order valence-corrected chi connectivity index (χ0v) is 15.7. The molecule has 0 aliphatic heterocycles. The molecule has 128 valence electrons. The number of ether oxygens (including phenoxy) is 1. The maximum absolute atomic E-state index is 6.08. The van der Waals surface area contributed by atoms with Crippen LogP contribution in [0.15, 0.2) is 71.3 Å². The Bertz CT molecular complexity index is 797. The van der Waals surface area contributed by atoms with Gasteiger partial charge in [-0.15, -0.1) is 5.10 Å². The van der Waals surface area contributed by atoms with Crippen molar-refractivity contribution < 1.29 is 4.74 Å². The molecule has 1 heterocycles. The van der Waals surface area contributed by atoms with E-state index in [2.05, 4.69) is 56.2 Å². The maximum Gasteiger partial charge on any atom is 0.151 e. The van der Waals surface area contributed by atoms with Crippen LogP contribution in [-0.2, 0) is 13.2 Å². The molecule has 3 aromatic rings. The second-order valence-corrected chi connectivity index (χ2v) is 6.54. The van der Waals surface area contributed by atoms with E-state index in [1.165, 1.54) is 0 Å². The Kier molecular flexibility index (Phi) is 6.01. The first-order valence-electron chi connectivity index (χ1n) is 8.24. The summed E-state index contributed by atoms with van der Waals surface area (Å²) in [5, 5.41) is 8.19. The van der Waals surface area contributed by atoms with Crippen molar-refractivity contribution in [3.63, 3.8) is 0 Å². The molecule has 0 amide bonds. The second kappa shape index (κ2) is 8.62. The highest BCUT2D eigenvalue weighted by atomic mass is 79.9. The van der Waals surface area contributed by atoms with Crippen molar-refractivity contribution >= 4 is 21.7 Å². The molecule has 0 N–H and O–H groups in total. The Hall–Kier alpha value is -2.40. The van der Waals surface area contributed by atoms with Crippen molar-refractivity contribution in [3.8, 4) is 5.75 Å². The molecule has 0 spiro atoms. The van der Waals surface area contributed by atoms with Crippen LogP contribution in [-0.4, -0.2) is 16.7 Å². The summed E-state index contributed by atoms with van der Waals surface area (Å²) in [5.41, 5.74) is 2.26. The topological polar surface area (TPSA) is 38.2 Å². The average Bonchev–Trinajstić information content (AvgIpc) is 2.67. The van der Waals surface area contributed by atoms with Gasteiger partial charge >= 0.3 is 0 Å². The summed E-state index contributed by atoms with van der Waals surface area (Å²) in [6, 6.07) is 20.2. The number of hydrogen-bond donors (Lipinski definition) is 0. The number of anilines is 1. The van der Waals surface area contributed by atoms with Gasteiger partial charge in [0.2, 0.25) is 0 Å². The number of halogens is 1. The lowest BCUT2D eigenvalue weighted by atomic mass is 10.2. The van der Waals surface area contributed by atoms with Crippen molar-refractivity contribution in [2.24, 2.45) is 0 Å². The molecule has 2 aromatic carbocycles. The van der Waals surface area contributed by atoms with Crippen LogP contribution in [0.5, 0.6) is 5.75 Å². The summed E-state index contributed by atoms with van der Waals surface area (Å²) >= 11 is 3.56. The predicted molar refractivity (Wildman–Crippen MR) is 104 cm³/mol. The molecule has 0 radical (unpaired) electrons. The zero-order valence-electron chi connectivity index (χ0n) is 14.1. The van der Waals surface area contributed by atoms with Crippen molar-refractivity contribution in [3.05, 3.63) is 82.5 Å². The van der Waals surface area contributed by atoms with Crippen molar-refractivity contribution in [2.45, 2.75) is 20.1 Å². The third-order valence-electron chi connectivity index (χ3n) is 3.88. The van der Waals surface area contributed by atoms with Crippen LogP contribution in [0.4, 0.5) is 5.82 Å².